The van der Waals surface area contributed by atoms with Crippen molar-refractivity contribution in [3.8, 4) is 0 Å². The summed E-state index contributed by atoms with van der Waals surface area (Å²) in [6.07, 6.45) is 17.2. The van der Waals surface area contributed by atoms with E-state index >= 15 is 0 Å². The van der Waals surface area contributed by atoms with Gasteiger partial charge in [0.05, 0.1) is 6.61 Å². The Morgan fingerprint density at radius 1 is 0.774 bits per heavy atom. The molecule has 1 rings (SSSR count). The van der Waals surface area contributed by atoms with Crippen LogP contribution >= 0.6 is 0 Å². The molecule has 1 unspecified atom stereocenters. The van der Waals surface area contributed by atoms with E-state index < -0.39 is 24.3 Å². The largest absolute Gasteiger partial charge is 0.393 e. The van der Waals surface area contributed by atoms with Crippen LogP contribution in [-0.2, 0) is 4.79 Å². The van der Waals surface area contributed by atoms with Crippen LogP contribution < -0.4 is 5.32 Å². The molecule has 3 N–H and O–H groups in total. The van der Waals surface area contributed by atoms with E-state index in [4.69, 9.17) is 5.11 Å². The molecule has 0 heterocycles. The van der Waals surface area contributed by atoms with Gasteiger partial charge in [-0.05, 0) is 30.7 Å². The summed E-state index contributed by atoms with van der Waals surface area (Å²) >= 11 is 0. The first-order valence-electron chi connectivity index (χ1n) is 12.3. The highest BCUT2D eigenvalue weighted by molar-refractivity contribution is 6.45. The van der Waals surface area contributed by atoms with Crippen LogP contribution in [0.4, 0.5) is 5.69 Å². The number of carbonyl (C=O) groups is 2. The van der Waals surface area contributed by atoms with Gasteiger partial charge < -0.3 is 15.5 Å². The second-order valence-electron chi connectivity index (χ2n) is 8.49. The summed E-state index contributed by atoms with van der Waals surface area (Å²) < 4.78 is 0. The van der Waals surface area contributed by atoms with Crippen molar-refractivity contribution in [3.63, 3.8) is 0 Å². The zero-order chi connectivity index (χ0) is 22.7. The molecule has 0 spiro atoms. The van der Waals surface area contributed by atoms with Gasteiger partial charge in [0.25, 0.3) is 0 Å². The van der Waals surface area contributed by atoms with E-state index in [1.807, 2.05) is 0 Å². The minimum absolute atomic E-state index is 0.222. The molecule has 5 heteroatoms. The maximum Gasteiger partial charge on any atom is 0.234 e. The van der Waals surface area contributed by atoms with Crippen molar-refractivity contribution in [2.75, 3.05) is 18.5 Å². The van der Waals surface area contributed by atoms with E-state index in [1.165, 1.54) is 83.5 Å². The van der Waals surface area contributed by atoms with Gasteiger partial charge in [-0.2, -0.15) is 0 Å². The summed E-state index contributed by atoms with van der Waals surface area (Å²) in [6.45, 7) is 2.40. The predicted octanol–water partition coefficient (Wildman–Crippen LogP) is 5.68. The number of carbonyl (C=O) groups excluding carboxylic acids is 2. The Kier molecular flexibility index (Phi) is 15.8. The third-order valence-corrected chi connectivity index (χ3v) is 5.71. The quantitative estimate of drug-likeness (QED) is 0.140. The molecule has 1 aromatic rings. The number of Topliss-reactive ketones (excluding diaryl/α,β-unsaturated/α-hetero) is 2. The van der Waals surface area contributed by atoms with Gasteiger partial charge in [0.15, 0.2) is 0 Å². The van der Waals surface area contributed by atoms with Gasteiger partial charge in [0.1, 0.15) is 6.10 Å². The molecule has 0 aliphatic carbocycles. The van der Waals surface area contributed by atoms with Crippen LogP contribution in [0.3, 0.4) is 0 Å². The molecule has 0 aromatic heterocycles. The fraction of sp³-hybridized carbons (Fsp3) is 0.692. The van der Waals surface area contributed by atoms with Crippen molar-refractivity contribution in [2.45, 2.75) is 103 Å². The molecule has 0 radical (unpaired) electrons. The standard InChI is InChI=1S/C26H43NO4/c1-2-3-4-5-6-7-8-9-10-11-12-13-14-15-20-27-23-18-16-22(17-19-23)25(30)26(31)24(29)21-28/h16-19,24,27-29H,2-15,20-21H2,1H3. The number of aliphatic hydroxyl groups is 2. The Morgan fingerprint density at radius 3 is 1.68 bits per heavy atom. The summed E-state index contributed by atoms with van der Waals surface area (Å²) in [7, 11) is 0. The predicted molar refractivity (Wildman–Crippen MR) is 128 cm³/mol. The number of nitrogens with one attached hydrogen (secondary N) is 1. The van der Waals surface area contributed by atoms with Crippen LogP contribution in [-0.4, -0.2) is 41.0 Å². The first-order chi connectivity index (χ1) is 15.1. The average molecular weight is 434 g/mol. The lowest BCUT2D eigenvalue weighted by Crippen LogP contribution is -2.31. The lowest BCUT2D eigenvalue weighted by atomic mass is 10.0. The van der Waals surface area contributed by atoms with Gasteiger partial charge >= 0.3 is 0 Å². The summed E-state index contributed by atoms with van der Waals surface area (Å²) in [5, 5.41) is 21.4. The second-order valence-corrected chi connectivity index (χ2v) is 8.49. The van der Waals surface area contributed by atoms with Gasteiger partial charge in [-0.1, -0.05) is 90.4 Å². The maximum atomic E-state index is 11.9. The van der Waals surface area contributed by atoms with E-state index in [0.29, 0.717) is 0 Å². The van der Waals surface area contributed by atoms with Crippen LogP contribution in [0.5, 0.6) is 0 Å². The summed E-state index contributed by atoms with van der Waals surface area (Å²) in [5.41, 5.74) is 1.13. The number of hydrogen-bond donors (Lipinski definition) is 3. The van der Waals surface area contributed by atoms with E-state index in [2.05, 4.69) is 12.2 Å². The van der Waals surface area contributed by atoms with Crippen LogP contribution in [0.25, 0.3) is 0 Å². The molecule has 0 bridgehead atoms. The number of ketones is 2. The number of hydrogen-bond acceptors (Lipinski definition) is 5. The number of unbranched alkanes of at least 4 members (excludes halogenated alkanes) is 13. The molecule has 0 aliphatic heterocycles. The van der Waals surface area contributed by atoms with Gasteiger partial charge in [-0.15, -0.1) is 0 Å². The molecule has 176 valence electrons. The molecule has 0 amide bonds. The first-order valence-corrected chi connectivity index (χ1v) is 12.3. The molecule has 0 saturated carbocycles. The smallest absolute Gasteiger partial charge is 0.234 e. The zero-order valence-electron chi connectivity index (χ0n) is 19.4. The molecule has 0 saturated heterocycles. The number of benzene rings is 1. The van der Waals surface area contributed by atoms with E-state index in [-0.39, 0.29) is 5.56 Å². The van der Waals surface area contributed by atoms with E-state index in [9.17, 15) is 14.7 Å². The Bertz CT molecular complexity index is 600. The molecule has 5 nitrogen and oxygen atoms in total. The topological polar surface area (TPSA) is 86.6 Å². The Labute approximate surface area is 188 Å². The van der Waals surface area contributed by atoms with Crippen molar-refractivity contribution in [1.29, 1.82) is 0 Å². The fourth-order valence-electron chi connectivity index (χ4n) is 3.67. The van der Waals surface area contributed by atoms with Crippen molar-refractivity contribution in [1.82, 2.24) is 0 Å². The second kappa shape index (κ2) is 17.9. The van der Waals surface area contributed by atoms with Crippen LogP contribution in [0.1, 0.15) is 107 Å². The van der Waals surface area contributed by atoms with Crippen LogP contribution in [0.15, 0.2) is 24.3 Å². The summed E-state index contributed by atoms with van der Waals surface area (Å²) in [5.74, 6) is -1.76. The molecule has 0 fully saturated rings. The number of rotatable bonds is 20. The maximum absolute atomic E-state index is 11.9. The minimum atomic E-state index is -1.65. The van der Waals surface area contributed by atoms with Crippen LogP contribution in [0.2, 0.25) is 0 Å². The molecule has 1 aromatic carbocycles. The summed E-state index contributed by atoms with van der Waals surface area (Å²) in [4.78, 5) is 23.5. The SMILES string of the molecule is CCCCCCCCCCCCCCCCNc1ccc(C(=O)C(=O)C(O)CO)cc1. The van der Waals surface area contributed by atoms with Crippen molar-refractivity contribution < 1.29 is 19.8 Å². The highest BCUT2D eigenvalue weighted by Crippen LogP contribution is 2.14. The van der Waals surface area contributed by atoms with E-state index in [0.717, 1.165) is 18.7 Å². The Hall–Kier alpha value is -1.72. The normalized spacial score (nSPS) is 12.0. The van der Waals surface area contributed by atoms with Gasteiger partial charge in [-0.3, -0.25) is 9.59 Å². The lowest BCUT2D eigenvalue weighted by Gasteiger charge is -2.08. The molecule has 1 atom stereocenters. The molecular weight excluding hydrogens is 390 g/mol. The van der Waals surface area contributed by atoms with Crippen molar-refractivity contribution >= 4 is 17.3 Å². The molecular formula is C26H43NO4. The van der Waals surface area contributed by atoms with E-state index in [1.54, 1.807) is 24.3 Å². The highest BCUT2D eigenvalue weighted by atomic mass is 16.3. The monoisotopic (exact) mass is 433 g/mol. The Morgan fingerprint density at radius 2 is 1.23 bits per heavy atom. The fourth-order valence-corrected chi connectivity index (χ4v) is 3.67. The summed E-state index contributed by atoms with van der Waals surface area (Å²) in [6, 6.07) is 6.65. The Balaban J connectivity index is 2.00. The third-order valence-electron chi connectivity index (χ3n) is 5.71. The minimum Gasteiger partial charge on any atom is -0.393 e. The lowest BCUT2D eigenvalue weighted by molar-refractivity contribution is -0.124. The zero-order valence-corrected chi connectivity index (χ0v) is 19.4. The highest BCUT2D eigenvalue weighted by Gasteiger charge is 2.23. The van der Waals surface area contributed by atoms with Gasteiger partial charge in [0.2, 0.25) is 11.6 Å². The van der Waals surface area contributed by atoms with Gasteiger partial charge in [0, 0.05) is 17.8 Å². The van der Waals surface area contributed by atoms with Crippen molar-refractivity contribution in [3.05, 3.63) is 29.8 Å². The van der Waals surface area contributed by atoms with Crippen LogP contribution in [0, 0.1) is 0 Å². The number of anilines is 1. The average Bonchev–Trinajstić information content (AvgIpc) is 2.80. The molecule has 0 aliphatic rings. The first kappa shape index (κ1) is 27.3. The molecule has 31 heavy (non-hydrogen) atoms. The third kappa shape index (κ3) is 12.7. The number of aliphatic hydroxyl groups excluding tert-OH is 2. The van der Waals surface area contributed by atoms with Gasteiger partial charge in [-0.25, -0.2) is 0 Å². The van der Waals surface area contributed by atoms with Crippen molar-refractivity contribution in [2.24, 2.45) is 0 Å².